The number of esters is 2. The molecule has 0 bridgehead atoms. The lowest BCUT2D eigenvalue weighted by atomic mass is 9.88. The molecule has 0 unspecified atom stereocenters. The molecule has 2 aromatic rings. The fraction of sp³-hybridized carbons (Fsp3) is 0.360. The average Bonchev–Trinajstić information content (AvgIpc) is 3.10. The molecule has 0 radical (unpaired) electrons. The first-order chi connectivity index (χ1) is 16.3. The summed E-state index contributed by atoms with van der Waals surface area (Å²) in [6, 6.07) is 16.5. The van der Waals surface area contributed by atoms with Crippen LogP contribution in [0, 0.1) is 5.92 Å². The average molecular weight is 484 g/mol. The molecule has 2 saturated heterocycles. The Labute approximate surface area is 201 Å². The van der Waals surface area contributed by atoms with E-state index in [0.29, 0.717) is 11.3 Å². The van der Waals surface area contributed by atoms with Crippen LogP contribution in [0.5, 0.6) is 5.75 Å². The number of rotatable bonds is 9. The zero-order valence-corrected chi connectivity index (χ0v) is 19.7. The molecule has 0 N–H and O–H groups in total. The molecule has 178 valence electrons. The van der Waals surface area contributed by atoms with E-state index >= 15 is 0 Å². The van der Waals surface area contributed by atoms with Crippen molar-refractivity contribution < 1.29 is 33.4 Å². The van der Waals surface area contributed by atoms with E-state index < -0.39 is 35.4 Å². The summed E-state index contributed by atoms with van der Waals surface area (Å²) in [5, 5.41) is -0.299. The molecular weight excluding hydrogens is 458 g/mol. The van der Waals surface area contributed by atoms with Crippen LogP contribution in [0.4, 0.5) is 0 Å². The van der Waals surface area contributed by atoms with E-state index in [1.807, 2.05) is 32.0 Å². The van der Waals surface area contributed by atoms with Crippen molar-refractivity contribution in [1.29, 1.82) is 0 Å². The summed E-state index contributed by atoms with van der Waals surface area (Å²) in [5.41, 5.74) is 0.344. The Kier molecular flexibility index (Phi) is 6.92. The van der Waals surface area contributed by atoms with Crippen LogP contribution in [-0.4, -0.2) is 58.1 Å². The molecule has 3 atom stereocenters. The number of ether oxygens (including phenoxy) is 3. The van der Waals surface area contributed by atoms with Gasteiger partial charge in [0.05, 0.1) is 16.9 Å². The lowest BCUT2D eigenvalue weighted by Gasteiger charge is -2.43. The van der Waals surface area contributed by atoms with Crippen LogP contribution in [0.25, 0.3) is 0 Å². The molecule has 9 heteroatoms. The molecule has 2 aliphatic heterocycles. The van der Waals surface area contributed by atoms with Crippen molar-refractivity contribution in [3.05, 3.63) is 66.2 Å². The minimum Gasteiger partial charge on any atom is -0.486 e. The van der Waals surface area contributed by atoms with E-state index in [-0.39, 0.29) is 30.1 Å². The van der Waals surface area contributed by atoms with Crippen LogP contribution in [0.15, 0.2) is 60.7 Å². The van der Waals surface area contributed by atoms with Crippen LogP contribution in [-0.2, 0) is 23.9 Å². The fourth-order valence-electron chi connectivity index (χ4n) is 4.12. The molecule has 2 fully saturated rings. The van der Waals surface area contributed by atoms with Gasteiger partial charge in [-0.2, -0.15) is 0 Å². The molecule has 34 heavy (non-hydrogen) atoms. The number of hydrogen-bond donors (Lipinski definition) is 0. The van der Waals surface area contributed by atoms with Gasteiger partial charge in [-0.15, -0.1) is 11.8 Å². The second kappa shape index (κ2) is 9.89. The summed E-state index contributed by atoms with van der Waals surface area (Å²) < 4.78 is 15.1. The molecule has 0 saturated carbocycles. The van der Waals surface area contributed by atoms with E-state index in [1.54, 1.807) is 42.5 Å². The lowest BCUT2D eigenvalue weighted by molar-refractivity contribution is -0.171. The zero-order valence-electron chi connectivity index (χ0n) is 18.8. The second-order valence-electron chi connectivity index (χ2n) is 8.59. The summed E-state index contributed by atoms with van der Waals surface area (Å²) in [6.07, 6.45) is 0.0480. The van der Waals surface area contributed by atoms with Gasteiger partial charge in [-0.05, 0) is 38.1 Å². The van der Waals surface area contributed by atoms with E-state index in [9.17, 15) is 19.2 Å². The number of ketones is 1. The third-order valence-electron chi connectivity index (χ3n) is 5.77. The highest BCUT2D eigenvalue weighted by Gasteiger charge is 2.64. The first-order valence-electron chi connectivity index (χ1n) is 10.9. The van der Waals surface area contributed by atoms with Crippen LogP contribution >= 0.6 is 11.8 Å². The zero-order chi connectivity index (χ0) is 24.3. The number of carbonyl (C=O) groups excluding carboxylic acids is 4. The predicted molar refractivity (Wildman–Crippen MR) is 124 cm³/mol. The van der Waals surface area contributed by atoms with Crippen molar-refractivity contribution >= 4 is 35.4 Å². The summed E-state index contributed by atoms with van der Waals surface area (Å²) >= 11 is 1.46. The van der Waals surface area contributed by atoms with E-state index in [2.05, 4.69) is 0 Å². The first kappa shape index (κ1) is 23.8. The molecule has 2 aromatic carbocycles. The van der Waals surface area contributed by atoms with Gasteiger partial charge in [-0.25, -0.2) is 9.59 Å². The van der Waals surface area contributed by atoms with Crippen molar-refractivity contribution in [3.8, 4) is 5.75 Å². The van der Waals surface area contributed by atoms with E-state index in [1.165, 1.54) is 16.7 Å². The van der Waals surface area contributed by atoms with E-state index in [4.69, 9.17) is 14.2 Å². The summed E-state index contributed by atoms with van der Waals surface area (Å²) in [7, 11) is 0. The minimum absolute atomic E-state index is 0.0480. The number of benzene rings is 2. The van der Waals surface area contributed by atoms with Gasteiger partial charge in [0, 0.05) is 11.2 Å². The maximum Gasteiger partial charge on any atom is 0.340 e. The molecule has 2 heterocycles. The van der Waals surface area contributed by atoms with Gasteiger partial charge in [-0.1, -0.05) is 36.4 Å². The molecule has 8 nitrogen and oxygen atoms in total. The number of thioether (sulfide) groups is 1. The number of amides is 1. The highest BCUT2D eigenvalue weighted by molar-refractivity contribution is 8.01. The minimum atomic E-state index is -0.836. The smallest absolute Gasteiger partial charge is 0.340 e. The van der Waals surface area contributed by atoms with Crippen LogP contribution in [0.1, 0.15) is 30.6 Å². The van der Waals surface area contributed by atoms with Crippen molar-refractivity contribution in [2.24, 2.45) is 5.92 Å². The molecule has 4 rings (SSSR count). The predicted octanol–water partition coefficient (Wildman–Crippen LogP) is 3.06. The van der Waals surface area contributed by atoms with Gasteiger partial charge in [0.25, 0.3) is 0 Å². The third kappa shape index (κ3) is 4.94. The van der Waals surface area contributed by atoms with Crippen LogP contribution in [0.3, 0.4) is 0 Å². The number of carbonyl (C=O) groups is 4. The third-order valence-corrected chi connectivity index (χ3v) is 7.39. The number of hydrogen-bond acceptors (Lipinski definition) is 8. The van der Waals surface area contributed by atoms with Crippen LogP contribution in [0.2, 0.25) is 0 Å². The normalized spacial score (nSPS) is 22.4. The number of nitrogens with zero attached hydrogens (tertiary/aromatic N) is 1. The molecule has 0 aromatic heterocycles. The fourth-order valence-corrected chi connectivity index (χ4v) is 5.80. The Morgan fingerprint density at radius 2 is 1.62 bits per heavy atom. The van der Waals surface area contributed by atoms with Gasteiger partial charge in [-0.3, -0.25) is 9.59 Å². The Bertz CT molecular complexity index is 1070. The van der Waals surface area contributed by atoms with Gasteiger partial charge in [0.15, 0.2) is 5.78 Å². The number of Topliss-reactive ketones (excluding diaryl/α,β-unsaturated/α-hetero) is 1. The Morgan fingerprint density at radius 1 is 0.971 bits per heavy atom. The highest BCUT2D eigenvalue weighted by Crippen LogP contribution is 2.54. The Balaban J connectivity index is 1.29. The van der Waals surface area contributed by atoms with Gasteiger partial charge >= 0.3 is 11.9 Å². The molecule has 1 amide bonds. The summed E-state index contributed by atoms with van der Waals surface area (Å²) in [4.78, 5) is 51.5. The van der Waals surface area contributed by atoms with Crippen molar-refractivity contribution in [2.75, 3.05) is 13.4 Å². The standard InChI is InChI=1S/C25H25NO7S/c1-25(2)20(24(30)33-15-32-23(29)16-9-5-3-6-10-16)26-21(28)19(22(26)34-25)13-17(27)14-31-18-11-7-4-8-12-18/h3-12,19-20,22H,13-15H2,1-2H3/t19-,20+,22-/m1/s1. The van der Waals surface area contributed by atoms with Crippen LogP contribution < -0.4 is 4.74 Å². The molecular formula is C25H25NO7S. The molecule has 0 spiro atoms. The number of para-hydroxylation sites is 1. The SMILES string of the molecule is CC1(C)S[C@@H]2[C@H](CC(=O)COc3ccccc3)C(=O)N2[C@H]1C(=O)OCOC(=O)c1ccccc1. The first-order valence-corrected chi connectivity index (χ1v) is 11.7. The van der Waals surface area contributed by atoms with Gasteiger partial charge in [0.1, 0.15) is 18.4 Å². The van der Waals surface area contributed by atoms with Crippen molar-refractivity contribution in [1.82, 2.24) is 4.90 Å². The monoisotopic (exact) mass is 483 g/mol. The summed E-state index contributed by atoms with van der Waals surface area (Å²) in [6.45, 7) is 3.03. The summed E-state index contributed by atoms with van der Waals surface area (Å²) in [5.74, 6) is -1.62. The Hall–Kier alpha value is -3.33. The lowest BCUT2D eigenvalue weighted by Crippen LogP contribution is -2.63. The van der Waals surface area contributed by atoms with Gasteiger partial charge < -0.3 is 19.1 Å². The maximum atomic E-state index is 12.8. The molecule has 2 aliphatic rings. The maximum absolute atomic E-state index is 12.8. The van der Waals surface area contributed by atoms with E-state index in [0.717, 1.165) is 0 Å². The second-order valence-corrected chi connectivity index (χ2v) is 10.4. The van der Waals surface area contributed by atoms with Crippen molar-refractivity contribution in [3.63, 3.8) is 0 Å². The number of fused-ring (bicyclic) bond motifs is 1. The van der Waals surface area contributed by atoms with Gasteiger partial charge in [0.2, 0.25) is 12.7 Å². The topological polar surface area (TPSA) is 99.2 Å². The quantitative estimate of drug-likeness (QED) is 0.305. The highest BCUT2D eigenvalue weighted by atomic mass is 32.2. The molecule has 0 aliphatic carbocycles. The number of β-lactam (4-membered cyclic amide) rings is 1. The van der Waals surface area contributed by atoms with Crippen molar-refractivity contribution in [2.45, 2.75) is 36.4 Å². The Morgan fingerprint density at radius 3 is 2.29 bits per heavy atom. The largest absolute Gasteiger partial charge is 0.486 e.